The number of carboxylic acids is 1. The summed E-state index contributed by atoms with van der Waals surface area (Å²) >= 11 is 0. The van der Waals surface area contributed by atoms with E-state index in [0.29, 0.717) is 18.2 Å². The highest BCUT2D eigenvalue weighted by Gasteiger charge is 2.26. The summed E-state index contributed by atoms with van der Waals surface area (Å²) in [5.41, 5.74) is 0.732. The molecule has 0 amide bonds. The number of hydrogen-bond donors (Lipinski definition) is 1. The third-order valence-corrected chi connectivity index (χ3v) is 2.89. The molecule has 0 aliphatic heterocycles. The molecule has 3 nitrogen and oxygen atoms in total. The molecule has 0 radical (unpaired) electrons. The molecular weight excluding hydrogens is 209 g/mol. The Morgan fingerprint density at radius 1 is 1.56 bits per heavy atom. The fourth-order valence-electron chi connectivity index (χ4n) is 1.81. The average Bonchev–Trinajstić information content (AvgIpc) is 2.99. The molecule has 1 saturated carbocycles. The number of nitrogens with zero attached hydrogens (tertiary/aromatic N) is 1. The zero-order valence-electron chi connectivity index (χ0n) is 9.11. The second-order valence-corrected chi connectivity index (χ2v) is 4.25. The summed E-state index contributed by atoms with van der Waals surface area (Å²) in [4.78, 5) is 13.0. The van der Waals surface area contributed by atoms with Gasteiger partial charge in [0.2, 0.25) is 0 Å². The van der Waals surface area contributed by atoms with Gasteiger partial charge < -0.3 is 5.11 Å². The molecule has 0 spiro atoms. The molecule has 86 valence electrons. The Balaban J connectivity index is 2.22. The van der Waals surface area contributed by atoms with Gasteiger partial charge in [0.05, 0.1) is 5.56 Å². The normalized spacial score (nSPS) is 15.4. The van der Waals surface area contributed by atoms with Crippen LogP contribution in [0.4, 0.5) is 4.39 Å². The van der Waals surface area contributed by atoms with Crippen molar-refractivity contribution < 1.29 is 14.3 Å². The van der Waals surface area contributed by atoms with E-state index in [1.165, 1.54) is 18.2 Å². The molecule has 16 heavy (non-hydrogen) atoms. The number of carboxylic acid groups (broad SMARTS) is 1. The zero-order chi connectivity index (χ0) is 11.7. The van der Waals surface area contributed by atoms with Gasteiger partial charge in [-0.2, -0.15) is 0 Å². The fraction of sp³-hybridized carbons (Fsp3) is 0.417. The van der Waals surface area contributed by atoms with Crippen LogP contribution in [0.1, 0.15) is 28.8 Å². The minimum atomic E-state index is -1.00. The van der Waals surface area contributed by atoms with Gasteiger partial charge in [0.25, 0.3) is 0 Å². The van der Waals surface area contributed by atoms with Crippen molar-refractivity contribution in [2.45, 2.75) is 25.4 Å². The van der Waals surface area contributed by atoms with Crippen LogP contribution in [0.5, 0.6) is 0 Å². The first kappa shape index (κ1) is 11.1. The van der Waals surface area contributed by atoms with Crippen LogP contribution < -0.4 is 0 Å². The van der Waals surface area contributed by atoms with Crippen LogP contribution in [0.2, 0.25) is 0 Å². The van der Waals surface area contributed by atoms with Gasteiger partial charge in [0, 0.05) is 12.6 Å². The molecule has 0 unspecified atom stereocenters. The number of benzene rings is 1. The van der Waals surface area contributed by atoms with E-state index in [9.17, 15) is 9.18 Å². The Labute approximate surface area is 93.5 Å². The van der Waals surface area contributed by atoms with Gasteiger partial charge in [-0.25, -0.2) is 9.18 Å². The summed E-state index contributed by atoms with van der Waals surface area (Å²) in [6.45, 7) is 0.490. The minimum Gasteiger partial charge on any atom is -0.478 e. The number of aromatic carboxylic acids is 1. The topological polar surface area (TPSA) is 40.5 Å². The van der Waals surface area contributed by atoms with Crippen LogP contribution in [-0.4, -0.2) is 29.1 Å². The van der Waals surface area contributed by atoms with Crippen LogP contribution in [0.25, 0.3) is 0 Å². The second kappa shape index (κ2) is 4.22. The standard InChI is InChI=1S/C12H14FNO2/c1-14(10-3-4-10)7-8-6-9(13)2-5-11(8)12(15)16/h2,5-6,10H,3-4,7H2,1H3,(H,15,16). The second-order valence-electron chi connectivity index (χ2n) is 4.25. The van der Waals surface area contributed by atoms with Gasteiger partial charge in [-0.05, 0) is 43.7 Å². The van der Waals surface area contributed by atoms with Crippen molar-refractivity contribution in [2.75, 3.05) is 7.05 Å². The third kappa shape index (κ3) is 2.39. The molecule has 0 atom stereocenters. The molecule has 1 aliphatic carbocycles. The van der Waals surface area contributed by atoms with Gasteiger partial charge in [0.15, 0.2) is 0 Å². The quantitative estimate of drug-likeness (QED) is 0.850. The van der Waals surface area contributed by atoms with Crippen molar-refractivity contribution in [3.63, 3.8) is 0 Å². The Morgan fingerprint density at radius 2 is 2.25 bits per heavy atom. The van der Waals surface area contributed by atoms with Crippen molar-refractivity contribution in [1.82, 2.24) is 4.90 Å². The van der Waals surface area contributed by atoms with Crippen LogP contribution in [0, 0.1) is 5.82 Å². The first-order chi connectivity index (χ1) is 7.58. The Hall–Kier alpha value is -1.42. The molecule has 1 aliphatic rings. The lowest BCUT2D eigenvalue weighted by Crippen LogP contribution is -2.21. The number of halogens is 1. The van der Waals surface area contributed by atoms with E-state index in [-0.39, 0.29) is 11.4 Å². The van der Waals surface area contributed by atoms with Crippen LogP contribution in [-0.2, 0) is 6.54 Å². The molecule has 0 heterocycles. The largest absolute Gasteiger partial charge is 0.478 e. The van der Waals surface area contributed by atoms with Crippen molar-refractivity contribution in [1.29, 1.82) is 0 Å². The van der Waals surface area contributed by atoms with Gasteiger partial charge >= 0.3 is 5.97 Å². The van der Waals surface area contributed by atoms with E-state index in [1.54, 1.807) is 0 Å². The van der Waals surface area contributed by atoms with Gasteiger partial charge in [-0.15, -0.1) is 0 Å². The summed E-state index contributed by atoms with van der Waals surface area (Å²) in [7, 11) is 1.94. The Bertz CT molecular complexity index is 415. The number of hydrogen-bond acceptors (Lipinski definition) is 2. The predicted molar refractivity (Wildman–Crippen MR) is 57.8 cm³/mol. The summed E-state index contributed by atoms with van der Waals surface area (Å²) in [6, 6.07) is 4.35. The number of rotatable bonds is 4. The summed E-state index contributed by atoms with van der Waals surface area (Å²) in [5, 5.41) is 8.98. The number of carbonyl (C=O) groups is 1. The van der Waals surface area contributed by atoms with E-state index in [0.717, 1.165) is 12.8 Å². The van der Waals surface area contributed by atoms with E-state index >= 15 is 0 Å². The first-order valence-electron chi connectivity index (χ1n) is 5.30. The third-order valence-electron chi connectivity index (χ3n) is 2.89. The molecule has 0 bridgehead atoms. The minimum absolute atomic E-state index is 0.189. The predicted octanol–water partition coefficient (Wildman–Crippen LogP) is 2.12. The SMILES string of the molecule is CN(Cc1cc(F)ccc1C(=O)O)C1CC1. The fourth-order valence-corrected chi connectivity index (χ4v) is 1.81. The van der Waals surface area contributed by atoms with E-state index in [1.807, 2.05) is 7.05 Å². The summed E-state index contributed by atoms with van der Waals surface area (Å²) in [6.07, 6.45) is 2.29. The summed E-state index contributed by atoms with van der Waals surface area (Å²) < 4.78 is 13.1. The molecule has 0 aromatic heterocycles. The van der Waals surface area contributed by atoms with Crippen molar-refractivity contribution in [3.05, 3.63) is 35.1 Å². The maximum absolute atomic E-state index is 13.1. The van der Waals surface area contributed by atoms with Crippen molar-refractivity contribution in [3.8, 4) is 0 Å². The highest BCUT2D eigenvalue weighted by atomic mass is 19.1. The van der Waals surface area contributed by atoms with Gasteiger partial charge in [-0.1, -0.05) is 0 Å². The Kier molecular flexibility index (Phi) is 2.92. The van der Waals surface area contributed by atoms with Gasteiger partial charge in [0.1, 0.15) is 5.82 Å². The molecule has 0 saturated heterocycles. The lowest BCUT2D eigenvalue weighted by atomic mass is 10.1. The van der Waals surface area contributed by atoms with Crippen LogP contribution in [0.15, 0.2) is 18.2 Å². The van der Waals surface area contributed by atoms with Crippen molar-refractivity contribution >= 4 is 5.97 Å². The molecular formula is C12H14FNO2. The first-order valence-corrected chi connectivity index (χ1v) is 5.30. The highest BCUT2D eigenvalue weighted by molar-refractivity contribution is 5.89. The monoisotopic (exact) mass is 223 g/mol. The lowest BCUT2D eigenvalue weighted by molar-refractivity contribution is 0.0694. The van der Waals surface area contributed by atoms with Crippen LogP contribution >= 0.6 is 0 Å². The molecule has 1 aromatic rings. The van der Waals surface area contributed by atoms with Crippen LogP contribution in [0.3, 0.4) is 0 Å². The maximum atomic E-state index is 13.1. The molecule has 4 heteroatoms. The maximum Gasteiger partial charge on any atom is 0.336 e. The van der Waals surface area contributed by atoms with E-state index < -0.39 is 5.97 Å². The average molecular weight is 223 g/mol. The van der Waals surface area contributed by atoms with E-state index in [4.69, 9.17) is 5.11 Å². The molecule has 1 fully saturated rings. The Morgan fingerprint density at radius 3 is 2.81 bits per heavy atom. The van der Waals surface area contributed by atoms with Crippen molar-refractivity contribution in [2.24, 2.45) is 0 Å². The smallest absolute Gasteiger partial charge is 0.336 e. The highest BCUT2D eigenvalue weighted by Crippen LogP contribution is 2.27. The zero-order valence-corrected chi connectivity index (χ0v) is 9.11. The molecule has 1 aromatic carbocycles. The lowest BCUT2D eigenvalue weighted by Gasteiger charge is -2.17. The molecule has 1 N–H and O–H groups in total. The summed E-state index contributed by atoms with van der Waals surface area (Å²) in [5.74, 6) is -1.39. The van der Waals surface area contributed by atoms with E-state index in [2.05, 4.69) is 4.90 Å². The molecule has 2 rings (SSSR count). The van der Waals surface area contributed by atoms with Gasteiger partial charge in [-0.3, -0.25) is 4.90 Å².